The molecule has 1 aromatic heterocycles. The number of aromatic nitrogens is 2. The number of nitrogens with zero attached hydrogens (tertiary/aromatic N) is 3. The normalized spacial score (nSPS) is 16.6. The van der Waals surface area contributed by atoms with Crippen molar-refractivity contribution in [1.29, 1.82) is 0 Å². The van der Waals surface area contributed by atoms with Crippen LogP contribution in [0.4, 0.5) is 4.39 Å². The minimum Gasteiger partial charge on any atom is -0.396 e. The smallest absolute Gasteiger partial charge is 0.132 e. The van der Waals surface area contributed by atoms with Gasteiger partial charge >= 0.3 is 0 Å². The first-order valence-corrected chi connectivity index (χ1v) is 8.99. The molecule has 0 bridgehead atoms. The molecule has 1 aromatic carbocycles. The number of aromatic amines is 1. The van der Waals surface area contributed by atoms with Crippen molar-refractivity contribution in [3.8, 4) is 11.3 Å². The Labute approximate surface area is 148 Å². The lowest BCUT2D eigenvalue weighted by atomic mass is 10.0. The average molecular weight is 346 g/mol. The lowest BCUT2D eigenvalue weighted by molar-refractivity contribution is 0.117. The Kier molecular flexibility index (Phi) is 6.18. The van der Waals surface area contributed by atoms with Crippen LogP contribution < -0.4 is 0 Å². The number of rotatable bonds is 7. The summed E-state index contributed by atoms with van der Waals surface area (Å²) in [7, 11) is 2.14. The number of likely N-dealkylation sites (tertiary alicyclic amines) is 1. The van der Waals surface area contributed by atoms with Crippen LogP contribution in [0.5, 0.6) is 0 Å². The summed E-state index contributed by atoms with van der Waals surface area (Å²) in [6, 6.07) is 7.39. The van der Waals surface area contributed by atoms with Gasteiger partial charge in [-0.05, 0) is 51.5 Å². The van der Waals surface area contributed by atoms with Crippen LogP contribution in [0.1, 0.15) is 24.8 Å². The molecule has 1 aliphatic rings. The van der Waals surface area contributed by atoms with Crippen molar-refractivity contribution in [1.82, 2.24) is 20.0 Å². The summed E-state index contributed by atoms with van der Waals surface area (Å²) in [5.74, 6) is -0.225. The van der Waals surface area contributed by atoms with Gasteiger partial charge in [0.25, 0.3) is 0 Å². The van der Waals surface area contributed by atoms with Crippen LogP contribution in [0.15, 0.2) is 30.5 Å². The van der Waals surface area contributed by atoms with Gasteiger partial charge in [0, 0.05) is 36.9 Å². The first-order chi connectivity index (χ1) is 12.2. The Morgan fingerprint density at radius 3 is 2.80 bits per heavy atom. The fraction of sp³-hybridized carbons (Fsp3) is 0.526. The largest absolute Gasteiger partial charge is 0.396 e. The SMILES string of the molecule is CN(CCCO)C1CCN(Cc2cn[nH]c2-c2ccccc2F)CC1. The molecule has 1 saturated heterocycles. The van der Waals surface area contributed by atoms with Gasteiger partial charge in [-0.15, -0.1) is 0 Å². The molecule has 1 fully saturated rings. The third kappa shape index (κ3) is 4.45. The summed E-state index contributed by atoms with van der Waals surface area (Å²) in [5.41, 5.74) is 2.39. The molecule has 6 heteroatoms. The maximum atomic E-state index is 14.1. The molecule has 0 unspecified atom stereocenters. The summed E-state index contributed by atoms with van der Waals surface area (Å²) in [4.78, 5) is 4.77. The molecule has 0 spiro atoms. The zero-order valence-electron chi connectivity index (χ0n) is 14.8. The molecule has 0 saturated carbocycles. The minimum absolute atomic E-state index is 0.225. The van der Waals surface area contributed by atoms with Crippen LogP contribution >= 0.6 is 0 Å². The molecule has 2 N–H and O–H groups in total. The minimum atomic E-state index is -0.225. The van der Waals surface area contributed by atoms with E-state index in [0.29, 0.717) is 11.6 Å². The van der Waals surface area contributed by atoms with E-state index in [1.807, 2.05) is 6.07 Å². The van der Waals surface area contributed by atoms with E-state index in [0.717, 1.165) is 56.7 Å². The average Bonchev–Trinajstić information content (AvgIpc) is 3.08. The molecule has 5 nitrogen and oxygen atoms in total. The number of benzene rings is 1. The second kappa shape index (κ2) is 8.56. The van der Waals surface area contributed by atoms with Gasteiger partial charge in [-0.3, -0.25) is 10.00 Å². The molecule has 136 valence electrons. The Morgan fingerprint density at radius 2 is 2.08 bits per heavy atom. The number of nitrogens with one attached hydrogen (secondary N) is 1. The fourth-order valence-electron chi connectivity index (χ4n) is 3.59. The van der Waals surface area contributed by atoms with Gasteiger partial charge in [-0.1, -0.05) is 12.1 Å². The summed E-state index contributed by atoms with van der Waals surface area (Å²) in [6.07, 6.45) is 4.88. The number of piperidine rings is 1. The van der Waals surface area contributed by atoms with Crippen molar-refractivity contribution in [2.45, 2.75) is 31.8 Å². The Bertz CT molecular complexity index is 667. The second-order valence-corrected chi connectivity index (χ2v) is 6.82. The lowest BCUT2D eigenvalue weighted by Crippen LogP contribution is -2.43. The van der Waals surface area contributed by atoms with E-state index < -0.39 is 0 Å². The molecule has 0 radical (unpaired) electrons. The number of aliphatic hydroxyl groups is 1. The number of halogens is 1. The highest BCUT2D eigenvalue weighted by atomic mass is 19.1. The maximum Gasteiger partial charge on any atom is 0.132 e. The third-order valence-electron chi connectivity index (χ3n) is 5.10. The van der Waals surface area contributed by atoms with E-state index in [1.165, 1.54) is 6.07 Å². The highest BCUT2D eigenvalue weighted by Crippen LogP contribution is 2.26. The monoisotopic (exact) mass is 346 g/mol. The summed E-state index contributed by atoms with van der Waals surface area (Å²) in [5, 5.41) is 16.1. The molecule has 2 heterocycles. The second-order valence-electron chi connectivity index (χ2n) is 6.82. The first kappa shape index (κ1) is 18.0. The molecular formula is C19H27FN4O. The standard InChI is InChI=1S/C19H27FN4O/c1-23(9-4-12-25)16-7-10-24(11-8-16)14-15-13-21-22-19(15)17-5-2-3-6-18(17)20/h2-3,5-6,13,16,25H,4,7-12,14H2,1H3,(H,21,22). The quantitative estimate of drug-likeness (QED) is 0.809. The predicted octanol–water partition coefficient (Wildman–Crippen LogP) is 2.49. The van der Waals surface area contributed by atoms with Crippen LogP contribution in [0, 0.1) is 5.82 Å². The van der Waals surface area contributed by atoms with E-state index in [4.69, 9.17) is 5.11 Å². The lowest BCUT2D eigenvalue weighted by Gasteiger charge is -2.36. The number of hydrogen-bond donors (Lipinski definition) is 2. The van der Waals surface area contributed by atoms with Gasteiger partial charge in [0.05, 0.1) is 11.9 Å². The van der Waals surface area contributed by atoms with Crippen molar-refractivity contribution in [3.63, 3.8) is 0 Å². The number of H-pyrrole nitrogens is 1. The van der Waals surface area contributed by atoms with E-state index >= 15 is 0 Å². The summed E-state index contributed by atoms with van der Waals surface area (Å²) >= 11 is 0. The molecule has 2 aromatic rings. The van der Waals surface area contributed by atoms with Gasteiger partial charge in [0.2, 0.25) is 0 Å². The molecule has 0 amide bonds. The number of hydrogen-bond acceptors (Lipinski definition) is 4. The van der Waals surface area contributed by atoms with E-state index in [-0.39, 0.29) is 12.4 Å². The van der Waals surface area contributed by atoms with Crippen molar-refractivity contribution >= 4 is 0 Å². The Hall–Kier alpha value is -1.76. The van der Waals surface area contributed by atoms with E-state index in [1.54, 1.807) is 18.3 Å². The van der Waals surface area contributed by atoms with Crippen molar-refractivity contribution in [2.24, 2.45) is 0 Å². The topological polar surface area (TPSA) is 55.4 Å². The number of aliphatic hydroxyl groups excluding tert-OH is 1. The van der Waals surface area contributed by atoms with Crippen LogP contribution in [0.3, 0.4) is 0 Å². The van der Waals surface area contributed by atoms with Crippen LogP contribution in [0.25, 0.3) is 11.3 Å². The Morgan fingerprint density at radius 1 is 1.32 bits per heavy atom. The van der Waals surface area contributed by atoms with Gasteiger partial charge in [0.1, 0.15) is 5.82 Å². The highest BCUT2D eigenvalue weighted by molar-refractivity contribution is 5.63. The first-order valence-electron chi connectivity index (χ1n) is 8.99. The Balaban J connectivity index is 1.59. The molecule has 0 aliphatic carbocycles. The predicted molar refractivity (Wildman–Crippen MR) is 96.6 cm³/mol. The molecule has 25 heavy (non-hydrogen) atoms. The van der Waals surface area contributed by atoms with Crippen LogP contribution in [-0.4, -0.2) is 64.4 Å². The maximum absolute atomic E-state index is 14.1. The molecule has 3 rings (SSSR count). The van der Waals surface area contributed by atoms with Gasteiger partial charge < -0.3 is 10.0 Å². The van der Waals surface area contributed by atoms with Crippen molar-refractivity contribution < 1.29 is 9.50 Å². The zero-order chi connectivity index (χ0) is 17.6. The van der Waals surface area contributed by atoms with Gasteiger partial charge in [0.15, 0.2) is 0 Å². The van der Waals surface area contributed by atoms with Crippen LogP contribution in [-0.2, 0) is 6.54 Å². The van der Waals surface area contributed by atoms with Crippen molar-refractivity contribution in [3.05, 3.63) is 41.8 Å². The highest BCUT2D eigenvalue weighted by Gasteiger charge is 2.23. The van der Waals surface area contributed by atoms with E-state index in [2.05, 4.69) is 27.0 Å². The summed E-state index contributed by atoms with van der Waals surface area (Å²) in [6.45, 7) is 4.03. The molecular weight excluding hydrogens is 319 g/mol. The third-order valence-corrected chi connectivity index (χ3v) is 5.10. The van der Waals surface area contributed by atoms with Crippen LogP contribution in [0.2, 0.25) is 0 Å². The van der Waals surface area contributed by atoms with Gasteiger partial charge in [-0.25, -0.2) is 4.39 Å². The zero-order valence-corrected chi connectivity index (χ0v) is 14.8. The summed E-state index contributed by atoms with van der Waals surface area (Å²) < 4.78 is 14.1. The van der Waals surface area contributed by atoms with E-state index in [9.17, 15) is 4.39 Å². The molecule has 0 atom stereocenters. The fourth-order valence-corrected chi connectivity index (χ4v) is 3.59. The van der Waals surface area contributed by atoms with Crippen molar-refractivity contribution in [2.75, 3.05) is 33.3 Å². The molecule has 1 aliphatic heterocycles. The van der Waals surface area contributed by atoms with Gasteiger partial charge in [-0.2, -0.15) is 5.10 Å².